The van der Waals surface area contributed by atoms with Crippen molar-refractivity contribution >= 4 is 17.6 Å². The van der Waals surface area contributed by atoms with Gasteiger partial charge in [0.15, 0.2) is 0 Å². The second-order valence-electron chi connectivity index (χ2n) is 3.96. The first-order chi connectivity index (χ1) is 8.97. The molecule has 0 aliphatic rings. The molecular weight excluding hydrogens is 250 g/mol. The van der Waals surface area contributed by atoms with Crippen LogP contribution in [-0.4, -0.2) is 48.5 Å². The van der Waals surface area contributed by atoms with Crippen LogP contribution in [0.15, 0.2) is 24.3 Å². The predicted octanol–water partition coefficient (Wildman–Crippen LogP) is -0.716. The highest BCUT2D eigenvalue weighted by Crippen LogP contribution is 2.18. The number of urea groups is 1. The molecule has 0 saturated carbocycles. The van der Waals surface area contributed by atoms with Crippen LogP contribution < -0.4 is 16.0 Å². The summed E-state index contributed by atoms with van der Waals surface area (Å²) in [7, 11) is 1.46. The van der Waals surface area contributed by atoms with Gasteiger partial charge in [-0.1, -0.05) is 12.1 Å². The molecule has 0 aliphatic carbocycles. The molecule has 0 aromatic heterocycles. The Labute approximate surface area is 110 Å². The van der Waals surface area contributed by atoms with Crippen molar-refractivity contribution in [3.8, 4) is 0 Å². The predicted molar refractivity (Wildman–Crippen MR) is 69.9 cm³/mol. The number of rotatable bonds is 5. The van der Waals surface area contributed by atoms with Crippen molar-refractivity contribution in [2.45, 2.75) is 6.10 Å². The molecule has 1 aromatic rings. The molecule has 0 heterocycles. The molecule has 0 fully saturated rings. The molecule has 0 radical (unpaired) electrons. The summed E-state index contributed by atoms with van der Waals surface area (Å²) < 4.78 is 0. The van der Waals surface area contributed by atoms with E-state index in [0.29, 0.717) is 5.69 Å². The van der Waals surface area contributed by atoms with E-state index in [9.17, 15) is 14.7 Å². The molecule has 1 atom stereocenters. The number of primary amides is 1. The number of nitrogens with two attached hydrogens (primary N) is 1. The number of para-hydroxylation sites is 1. The first-order valence-electron chi connectivity index (χ1n) is 5.66. The van der Waals surface area contributed by atoms with Crippen LogP contribution >= 0.6 is 0 Å². The van der Waals surface area contributed by atoms with Gasteiger partial charge in [0, 0.05) is 13.6 Å². The lowest BCUT2D eigenvalue weighted by molar-refractivity contribution is 0.0802. The van der Waals surface area contributed by atoms with Crippen LogP contribution in [-0.2, 0) is 0 Å². The van der Waals surface area contributed by atoms with Gasteiger partial charge in [0.05, 0.1) is 24.0 Å². The van der Waals surface area contributed by atoms with Crippen LogP contribution in [0, 0.1) is 0 Å². The van der Waals surface area contributed by atoms with Gasteiger partial charge in [-0.25, -0.2) is 4.79 Å². The van der Waals surface area contributed by atoms with Gasteiger partial charge in [0.1, 0.15) is 0 Å². The number of amides is 3. The molecule has 5 N–H and O–H groups in total. The maximum absolute atomic E-state index is 11.9. The van der Waals surface area contributed by atoms with Crippen molar-refractivity contribution < 1.29 is 19.8 Å². The first-order valence-corrected chi connectivity index (χ1v) is 5.66. The lowest BCUT2D eigenvalue weighted by atomic mass is 10.1. The standard InChI is InChI=1S/C12H17N3O4/c1-15(12(13)19)10-5-3-2-4-9(10)11(18)14-6-8(17)7-16/h2-5,8,16-17H,6-7H2,1H3,(H2,13,19)(H,14,18). The smallest absolute Gasteiger partial charge is 0.319 e. The Balaban J connectivity index is 2.88. The van der Waals surface area contributed by atoms with Gasteiger partial charge < -0.3 is 21.3 Å². The van der Waals surface area contributed by atoms with Crippen LogP contribution in [0.25, 0.3) is 0 Å². The van der Waals surface area contributed by atoms with Gasteiger partial charge in [0.2, 0.25) is 0 Å². The van der Waals surface area contributed by atoms with Gasteiger partial charge in [-0.3, -0.25) is 9.69 Å². The number of aliphatic hydroxyl groups is 2. The average Bonchev–Trinajstić information content (AvgIpc) is 2.43. The molecule has 19 heavy (non-hydrogen) atoms. The van der Waals surface area contributed by atoms with Gasteiger partial charge in [-0.15, -0.1) is 0 Å². The Hall–Kier alpha value is -2.12. The quantitative estimate of drug-likeness (QED) is 0.563. The van der Waals surface area contributed by atoms with Crippen molar-refractivity contribution in [2.75, 3.05) is 25.1 Å². The fourth-order valence-corrected chi connectivity index (χ4v) is 1.45. The molecule has 3 amide bonds. The Bertz CT molecular complexity index is 464. The van der Waals surface area contributed by atoms with E-state index in [-0.39, 0.29) is 12.1 Å². The van der Waals surface area contributed by atoms with E-state index in [1.54, 1.807) is 18.2 Å². The Morgan fingerprint density at radius 1 is 1.42 bits per heavy atom. The van der Waals surface area contributed by atoms with Gasteiger partial charge in [0.25, 0.3) is 5.91 Å². The molecule has 0 bridgehead atoms. The minimum atomic E-state index is -1.02. The van der Waals surface area contributed by atoms with Crippen molar-refractivity contribution in [1.29, 1.82) is 0 Å². The summed E-state index contributed by atoms with van der Waals surface area (Å²) in [6.45, 7) is -0.521. The zero-order valence-electron chi connectivity index (χ0n) is 10.5. The van der Waals surface area contributed by atoms with Crippen molar-refractivity contribution in [3.05, 3.63) is 29.8 Å². The van der Waals surface area contributed by atoms with E-state index in [1.165, 1.54) is 13.1 Å². The highest BCUT2D eigenvalue weighted by molar-refractivity contribution is 6.03. The van der Waals surface area contributed by atoms with Crippen LogP contribution in [0.3, 0.4) is 0 Å². The number of hydrogen-bond donors (Lipinski definition) is 4. The van der Waals surface area contributed by atoms with Crippen LogP contribution in [0.2, 0.25) is 0 Å². The van der Waals surface area contributed by atoms with E-state index in [1.807, 2.05) is 0 Å². The van der Waals surface area contributed by atoms with Crippen molar-refractivity contribution in [2.24, 2.45) is 5.73 Å². The zero-order valence-corrected chi connectivity index (χ0v) is 10.5. The number of carbonyl (C=O) groups excluding carboxylic acids is 2. The highest BCUT2D eigenvalue weighted by atomic mass is 16.3. The molecule has 0 saturated heterocycles. The minimum absolute atomic E-state index is 0.0794. The van der Waals surface area contributed by atoms with Crippen LogP contribution in [0.4, 0.5) is 10.5 Å². The monoisotopic (exact) mass is 267 g/mol. The maximum Gasteiger partial charge on any atom is 0.319 e. The Morgan fingerprint density at radius 3 is 2.63 bits per heavy atom. The Morgan fingerprint density at radius 2 is 2.05 bits per heavy atom. The number of anilines is 1. The molecule has 0 spiro atoms. The molecule has 7 nitrogen and oxygen atoms in total. The molecule has 104 valence electrons. The van der Waals surface area contributed by atoms with E-state index >= 15 is 0 Å². The number of benzene rings is 1. The molecule has 7 heteroatoms. The third-order valence-electron chi connectivity index (χ3n) is 2.55. The molecule has 1 aromatic carbocycles. The normalized spacial score (nSPS) is 11.7. The Kier molecular flexibility index (Phi) is 5.28. The van der Waals surface area contributed by atoms with E-state index < -0.39 is 24.6 Å². The second-order valence-corrected chi connectivity index (χ2v) is 3.96. The number of aliphatic hydroxyl groups excluding tert-OH is 2. The summed E-state index contributed by atoms with van der Waals surface area (Å²) in [5.41, 5.74) is 5.79. The molecule has 0 aliphatic heterocycles. The number of nitrogens with zero attached hydrogens (tertiary/aromatic N) is 1. The van der Waals surface area contributed by atoms with Gasteiger partial charge >= 0.3 is 6.03 Å². The minimum Gasteiger partial charge on any atom is -0.394 e. The second kappa shape index (κ2) is 6.72. The molecular formula is C12H17N3O4. The molecule has 1 unspecified atom stereocenters. The summed E-state index contributed by atoms with van der Waals surface area (Å²) in [6.07, 6.45) is -1.02. The molecule has 1 rings (SSSR count). The van der Waals surface area contributed by atoms with Crippen molar-refractivity contribution in [1.82, 2.24) is 5.32 Å². The summed E-state index contributed by atoms with van der Waals surface area (Å²) in [5, 5.41) is 20.3. The lowest BCUT2D eigenvalue weighted by Crippen LogP contribution is -2.36. The first kappa shape index (κ1) is 14.9. The van der Waals surface area contributed by atoms with E-state index in [2.05, 4.69) is 5.32 Å². The summed E-state index contributed by atoms with van der Waals surface area (Å²) in [6, 6.07) is 5.76. The zero-order chi connectivity index (χ0) is 14.4. The largest absolute Gasteiger partial charge is 0.394 e. The summed E-state index contributed by atoms with van der Waals surface area (Å²) in [5.74, 6) is -0.462. The summed E-state index contributed by atoms with van der Waals surface area (Å²) in [4.78, 5) is 24.2. The van der Waals surface area contributed by atoms with E-state index in [4.69, 9.17) is 10.8 Å². The number of carbonyl (C=O) groups is 2. The maximum atomic E-state index is 11.9. The fraction of sp³-hybridized carbons (Fsp3) is 0.333. The van der Waals surface area contributed by atoms with Gasteiger partial charge in [-0.2, -0.15) is 0 Å². The lowest BCUT2D eigenvalue weighted by Gasteiger charge is -2.18. The topological polar surface area (TPSA) is 116 Å². The summed E-state index contributed by atoms with van der Waals surface area (Å²) >= 11 is 0. The van der Waals surface area contributed by atoms with Gasteiger partial charge in [-0.05, 0) is 12.1 Å². The highest BCUT2D eigenvalue weighted by Gasteiger charge is 2.16. The third-order valence-corrected chi connectivity index (χ3v) is 2.55. The number of hydrogen-bond acceptors (Lipinski definition) is 4. The fourth-order valence-electron chi connectivity index (χ4n) is 1.45. The SMILES string of the molecule is CN(C(N)=O)c1ccccc1C(=O)NCC(O)CO. The van der Waals surface area contributed by atoms with Crippen molar-refractivity contribution in [3.63, 3.8) is 0 Å². The third kappa shape index (κ3) is 3.94. The number of nitrogens with one attached hydrogen (secondary N) is 1. The van der Waals surface area contributed by atoms with E-state index in [0.717, 1.165) is 4.90 Å². The van der Waals surface area contributed by atoms with Crippen LogP contribution in [0.1, 0.15) is 10.4 Å². The average molecular weight is 267 g/mol. The van der Waals surface area contributed by atoms with Crippen LogP contribution in [0.5, 0.6) is 0 Å².